The smallest absolute Gasteiger partial charge is 0.200 e. The lowest BCUT2D eigenvalue weighted by atomic mass is 10.0. The first-order valence-electron chi connectivity index (χ1n) is 7.29. The Kier molecular flexibility index (Phi) is 4.92. The van der Waals surface area contributed by atoms with E-state index in [0.29, 0.717) is 24.1 Å². The van der Waals surface area contributed by atoms with Gasteiger partial charge in [0.2, 0.25) is 0 Å². The maximum Gasteiger partial charge on any atom is 0.200 e. The quantitative estimate of drug-likeness (QED) is 0.590. The standard InChI is InChI=1S/C17H15Br2N3O/c1-11(23)6-9-16-20-21-17(19)22(16)10-12-7-8-15(18)14-5-3-2-4-13(12)14/h2-5,7-8H,6,9-10H2,1H3. The first-order chi connectivity index (χ1) is 11.1. The van der Waals surface area contributed by atoms with Crippen LogP contribution in [0.25, 0.3) is 10.8 Å². The van der Waals surface area contributed by atoms with Gasteiger partial charge in [-0.1, -0.05) is 46.3 Å². The summed E-state index contributed by atoms with van der Waals surface area (Å²) in [6.07, 6.45) is 1.08. The average molecular weight is 437 g/mol. The second-order valence-electron chi connectivity index (χ2n) is 5.43. The Labute approximate surface area is 151 Å². The summed E-state index contributed by atoms with van der Waals surface area (Å²) in [6.45, 7) is 2.26. The fourth-order valence-electron chi connectivity index (χ4n) is 2.58. The van der Waals surface area contributed by atoms with Crippen molar-refractivity contribution in [3.8, 4) is 0 Å². The molecule has 23 heavy (non-hydrogen) atoms. The average Bonchev–Trinajstić information content (AvgIpc) is 2.89. The molecule has 0 atom stereocenters. The van der Waals surface area contributed by atoms with E-state index in [1.807, 2.05) is 16.7 Å². The van der Waals surface area contributed by atoms with Crippen LogP contribution in [0, 0.1) is 0 Å². The maximum atomic E-state index is 11.2. The van der Waals surface area contributed by atoms with Crippen LogP contribution in [0.15, 0.2) is 45.6 Å². The predicted octanol–water partition coefficient (Wildman–Crippen LogP) is 4.53. The summed E-state index contributed by atoms with van der Waals surface area (Å²) >= 11 is 7.06. The summed E-state index contributed by atoms with van der Waals surface area (Å²) in [5.74, 6) is 0.976. The lowest BCUT2D eigenvalue weighted by Gasteiger charge is -2.11. The number of fused-ring (bicyclic) bond motifs is 1. The van der Waals surface area contributed by atoms with E-state index >= 15 is 0 Å². The minimum atomic E-state index is 0.157. The fraction of sp³-hybridized carbons (Fsp3) is 0.235. The maximum absolute atomic E-state index is 11.2. The van der Waals surface area contributed by atoms with Crippen LogP contribution in [0.5, 0.6) is 0 Å². The minimum Gasteiger partial charge on any atom is -0.301 e. The van der Waals surface area contributed by atoms with Crippen molar-refractivity contribution >= 4 is 48.4 Å². The number of benzene rings is 2. The summed E-state index contributed by atoms with van der Waals surface area (Å²) < 4.78 is 3.78. The zero-order valence-electron chi connectivity index (χ0n) is 12.6. The van der Waals surface area contributed by atoms with Crippen LogP contribution >= 0.6 is 31.9 Å². The van der Waals surface area contributed by atoms with Gasteiger partial charge in [-0.05, 0) is 45.3 Å². The van der Waals surface area contributed by atoms with E-state index in [2.05, 4.69) is 66.3 Å². The number of aromatic nitrogens is 3. The third-order valence-electron chi connectivity index (χ3n) is 3.77. The van der Waals surface area contributed by atoms with E-state index in [-0.39, 0.29) is 5.78 Å². The molecule has 1 aromatic heterocycles. The fourth-order valence-corrected chi connectivity index (χ4v) is 3.46. The molecule has 0 amide bonds. The van der Waals surface area contributed by atoms with Crippen molar-refractivity contribution < 1.29 is 4.79 Å². The molecule has 118 valence electrons. The molecule has 3 aromatic rings. The molecule has 4 nitrogen and oxygen atoms in total. The summed E-state index contributed by atoms with van der Waals surface area (Å²) in [7, 11) is 0. The van der Waals surface area contributed by atoms with Crippen molar-refractivity contribution in [2.45, 2.75) is 26.3 Å². The zero-order chi connectivity index (χ0) is 16.4. The topological polar surface area (TPSA) is 47.8 Å². The highest BCUT2D eigenvalue weighted by Crippen LogP contribution is 2.28. The lowest BCUT2D eigenvalue weighted by molar-refractivity contribution is -0.117. The molecule has 0 radical (unpaired) electrons. The van der Waals surface area contributed by atoms with Crippen LogP contribution in [-0.4, -0.2) is 20.5 Å². The van der Waals surface area contributed by atoms with Gasteiger partial charge in [-0.3, -0.25) is 0 Å². The molecule has 0 spiro atoms. The number of carbonyl (C=O) groups excluding carboxylic acids is 1. The number of hydrogen-bond acceptors (Lipinski definition) is 3. The molecular weight excluding hydrogens is 422 g/mol. The summed E-state index contributed by atoms with van der Waals surface area (Å²) in [4.78, 5) is 11.2. The Bertz CT molecular complexity index is 873. The number of ketones is 1. The lowest BCUT2D eigenvalue weighted by Crippen LogP contribution is -2.08. The van der Waals surface area contributed by atoms with Crippen LogP contribution in [0.1, 0.15) is 24.7 Å². The molecule has 0 fully saturated rings. The number of hydrogen-bond donors (Lipinski definition) is 0. The van der Waals surface area contributed by atoms with Crippen molar-refractivity contribution in [1.29, 1.82) is 0 Å². The van der Waals surface area contributed by atoms with Crippen molar-refractivity contribution in [2.24, 2.45) is 0 Å². The Morgan fingerprint density at radius 2 is 1.83 bits per heavy atom. The summed E-state index contributed by atoms with van der Waals surface area (Å²) in [5.41, 5.74) is 1.19. The molecule has 0 aliphatic carbocycles. The molecule has 0 aliphatic rings. The highest BCUT2D eigenvalue weighted by atomic mass is 79.9. The van der Waals surface area contributed by atoms with Crippen molar-refractivity contribution in [3.05, 3.63) is 57.0 Å². The molecule has 0 aliphatic heterocycles. The van der Waals surface area contributed by atoms with E-state index in [1.165, 1.54) is 16.3 Å². The van der Waals surface area contributed by atoms with E-state index in [1.54, 1.807) is 6.92 Å². The molecule has 3 rings (SSSR count). The van der Waals surface area contributed by atoms with Gasteiger partial charge in [-0.25, -0.2) is 0 Å². The van der Waals surface area contributed by atoms with Crippen LogP contribution in [-0.2, 0) is 17.8 Å². The van der Waals surface area contributed by atoms with Gasteiger partial charge >= 0.3 is 0 Å². The number of carbonyl (C=O) groups is 1. The Morgan fingerprint density at radius 1 is 1.09 bits per heavy atom. The molecule has 0 bridgehead atoms. The van der Waals surface area contributed by atoms with Gasteiger partial charge in [0, 0.05) is 17.3 Å². The van der Waals surface area contributed by atoms with Gasteiger partial charge in [0.25, 0.3) is 0 Å². The van der Waals surface area contributed by atoms with Gasteiger partial charge in [0.1, 0.15) is 11.6 Å². The number of aryl methyl sites for hydroxylation is 1. The van der Waals surface area contributed by atoms with E-state index in [0.717, 1.165) is 10.3 Å². The third kappa shape index (κ3) is 3.53. The number of rotatable bonds is 5. The number of halogens is 2. The summed E-state index contributed by atoms with van der Waals surface area (Å²) in [6, 6.07) is 12.4. The largest absolute Gasteiger partial charge is 0.301 e. The van der Waals surface area contributed by atoms with Gasteiger partial charge < -0.3 is 9.36 Å². The van der Waals surface area contributed by atoms with Crippen molar-refractivity contribution in [3.63, 3.8) is 0 Å². The molecule has 1 heterocycles. The number of nitrogens with zero attached hydrogens (tertiary/aromatic N) is 3. The molecule has 0 saturated carbocycles. The van der Waals surface area contributed by atoms with E-state index in [4.69, 9.17) is 0 Å². The van der Waals surface area contributed by atoms with Crippen LogP contribution in [0.4, 0.5) is 0 Å². The Hall–Kier alpha value is -1.53. The van der Waals surface area contributed by atoms with Gasteiger partial charge in [0.15, 0.2) is 4.73 Å². The second kappa shape index (κ2) is 6.93. The molecular formula is C17H15Br2N3O. The normalized spacial score (nSPS) is 11.1. The molecule has 2 aromatic carbocycles. The van der Waals surface area contributed by atoms with Crippen molar-refractivity contribution in [1.82, 2.24) is 14.8 Å². The highest BCUT2D eigenvalue weighted by molar-refractivity contribution is 9.10. The predicted molar refractivity (Wildman–Crippen MR) is 97.5 cm³/mol. The molecule has 0 saturated heterocycles. The molecule has 0 N–H and O–H groups in total. The van der Waals surface area contributed by atoms with Crippen LogP contribution in [0.3, 0.4) is 0 Å². The van der Waals surface area contributed by atoms with Gasteiger partial charge in [0.05, 0.1) is 6.54 Å². The SMILES string of the molecule is CC(=O)CCc1nnc(Br)n1Cc1ccc(Br)c2ccccc12. The van der Waals surface area contributed by atoms with E-state index < -0.39 is 0 Å². The molecule has 6 heteroatoms. The third-order valence-corrected chi connectivity index (χ3v) is 5.05. The zero-order valence-corrected chi connectivity index (χ0v) is 15.8. The van der Waals surface area contributed by atoms with Gasteiger partial charge in [-0.15, -0.1) is 10.2 Å². The number of Topliss-reactive ketones (excluding diaryl/α,β-unsaturated/α-hetero) is 1. The van der Waals surface area contributed by atoms with Crippen molar-refractivity contribution in [2.75, 3.05) is 0 Å². The highest BCUT2D eigenvalue weighted by Gasteiger charge is 2.13. The minimum absolute atomic E-state index is 0.157. The van der Waals surface area contributed by atoms with Crippen LogP contribution in [0.2, 0.25) is 0 Å². The first kappa shape index (κ1) is 16.3. The van der Waals surface area contributed by atoms with E-state index in [9.17, 15) is 4.79 Å². The summed E-state index contributed by atoms with van der Waals surface area (Å²) in [5, 5.41) is 10.7. The second-order valence-corrected chi connectivity index (χ2v) is 6.99. The Balaban J connectivity index is 1.98. The first-order valence-corrected chi connectivity index (χ1v) is 8.88. The Morgan fingerprint density at radius 3 is 2.57 bits per heavy atom. The van der Waals surface area contributed by atoms with Gasteiger partial charge in [-0.2, -0.15) is 0 Å². The molecule has 0 unspecified atom stereocenters. The monoisotopic (exact) mass is 435 g/mol. The van der Waals surface area contributed by atoms with Crippen LogP contribution < -0.4 is 0 Å².